The summed E-state index contributed by atoms with van der Waals surface area (Å²) < 4.78 is 0. The summed E-state index contributed by atoms with van der Waals surface area (Å²) in [6.45, 7) is 5.49. The van der Waals surface area contributed by atoms with Gasteiger partial charge in [0.2, 0.25) is 5.91 Å². The van der Waals surface area contributed by atoms with E-state index in [0.717, 1.165) is 48.8 Å². The molecule has 0 saturated carbocycles. The monoisotopic (exact) mass is 594 g/mol. The van der Waals surface area contributed by atoms with Gasteiger partial charge in [0, 0.05) is 75.3 Å². The van der Waals surface area contributed by atoms with Crippen LogP contribution in [0.4, 0.5) is 5.82 Å². The molecule has 0 radical (unpaired) electrons. The number of nitrogens with one attached hydrogen (secondary N) is 2. The van der Waals surface area contributed by atoms with Crippen LogP contribution in [0, 0.1) is 0 Å². The number of likely N-dealkylation sites (tertiary alicyclic amines) is 2. The van der Waals surface area contributed by atoms with Gasteiger partial charge in [-0.2, -0.15) is 5.10 Å². The second-order valence-electron chi connectivity index (χ2n) is 12.2. The van der Waals surface area contributed by atoms with Crippen LogP contribution in [-0.4, -0.2) is 103 Å². The van der Waals surface area contributed by atoms with Crippen LogP contribution < -0.4 is 5.32 Å². The second kappa shape index (κ2) is 12.0. The van der Waals surface area contributed by atoms with Crippen LogP contribution in [0.2, 0.25) is 0 Å². The number of aliphatic hydroxyl groups is 1. The molecule has 11 heteroatoms. The minimum Gasteiger partial charge on any atom is -0.390 e. The molecule has 5 heterocycles. The highest BCUT2D eigenvalue weighted by Crippen LogP contribution is 2.29. The predicted octanol–water partition coefficient (Wildman–Crippen LogP) is 3.08. The van der Waals surface area contributed by atoms with Crippen molar-refractivity contribution in [1.82, 2.24) is 34.9 Å². The van der Waals surface area contributed by atoms with Crippen LogP contribution in [0.3, 0.4) is 0 Å². The average molecular weight is 595 g/mol. The maximum absolute atomic E-state index is 14.0. The number of nitrogens with zero attached hydrogens (tertiary/aromatic N) is 6. The molecule has 2 aromatic carbocycles. The zero-order valence-corrected chi connectivity index (χ0v) is 24.9. The molecule has 7 rings (SSSR count). The number of carbonyl (C=O) groups is 2. The smallest absolute Gasteiger partial charge is 0.272 e. The number of rotatable bonds is 5. The number of amides is 2. The van der Waals surface area contributed by atoms with Crippen molar-refractivity contribution < 1.29 is 14.7 Å². The van der Waals surface area contributed by atoms with Crippen molar-refractivity contribution in [1.29, 1.82) is 0 Å². The molecule has 2 atom stereocenters. The highest BCUT2D eigenvalue weighted by molar-refractivity contribution is 5.96. The minimum absolute atomic E-state index is 0.00477. The average Bonchev–Trinajstić information content (AvgIpc) is 3.54. The number of piperidine rings is 2. The Balaban J connectivity index is 1.12. The summed E-state index contributed by atoms with van der Waals surface area (Å²) in [5, 5.41) is 22.8. The fourth-order valence-corrected chi connectivity index (χ4v) is 6.95. The Morgan fingerprint density at radius 2 is 1.75 bits per heavy atom. The Kier molecular flexibility index (Phi) is 7.73. The summed E-state index contributed by atoms with van der Waals surface area (Å²) in [6.07, 6.45) is 4.34. The Hall–Kier alpha value is -4.35. The largest absolute Gasteiger partial charge is 0.390 e. The molecule has 3 aliphatic rings. The number of aromatic nitrogens is 4. The topological polar surface area (TPSA) is 131 Å². The van der Waals surface area contributed by atoms with Crippen molar-refractivity contribution in [3.63, 3.8) is 0 Å². The number of aromatic amines is 1. The minimum atomic E-state index is -0.650. The van der Waals surface area contributed by atoms with E-state index in [1.54, 1.807) is 24.1 Å². The second-order valence-corrected chi connectivity index (χ2v) is 12.2. The number of aliphatic hydroxyl groups excluding tert-OH is 1. The number of fused-ring (bicyclic) bond motifs is 2. The lowest BCUT2D eigenvalue weighted by atomic mass is 9.94. The predicted molar refractivity (Wildman–Crippen MR) is 167 cm³/mol. The quantitative estimate of drug-likeness (QED) is 0.322. The highest BCUT2D eigenvalue weighted by Gasteiger charge is 2.36. The fourth-order valence-electron chi connectivity index (χ4n) is 6.95. The first-order valence-corrected chi connectivity index (χ1v) is 15.5. The maximum atomic E-state index is 14.0. The first-order valence-electron chi connectivity index (χ1n) is 15.5. The van der Waals surface area contributed by atoms with Crippen LogP contribution in [0.5, 0.6) is 0 Å². The summed E-state index contributed by atoms with van der Waals surface area (Å²) in [5.41, 5.74) is 4.63. The molecule has 0 bridgehead atoms. The lowest BCUT2D eigenvalue weighted by Crippen LogP contribution is -2.56. The van der Waals surface area contributed by atoms with Gasteiger partial charge in [0.05, 0.1) is 17.8 Å². The van der Waals surface area contributed by atoms with Gasteiger partial charge in [0.25, 0.3) is 5.91 Å². The van der Waals surface area contributed by atoms with Gasteiger partial charge in [-0.25, -0.2) is 9.97 Å². The molecule has 0 aliphatic carbocycles. The van der Waals surface area contributed by atoms with E-state index in [2.05, 4.69) is 44.7 Å². The summed E-state index contributed by atoms with van der Waals surface area (Å²) in [7, 11) is 0. The van der Waals surface area contributed by atoms with E-state index in [9.17, 15) is 14.7 Å². The molecule has 3 aliphatic heterocycles. The SMILES string of the molecule is CC(=O)N1CCC(Nc2cc(C(=O)N3CC[C@@H](N4CCc5ccccc5C4)[C@H](O)C3)nc(-c3cccc4[nH]ncc34)n2)CC1. The van der Waals surface area contributed by atoms with Gasteiger partial charge >= 0.3 is 0 Å². The number of H-pyrrole nitrogens is 1. The molecule has 228 valence electrons. The fraction of sp³-hybridized carbons (Fsp3) is 0.424. The lowest BCUT2D eigenvalue weighted by molar-refractivity contribution is -0.129. The number of hydrogen-bond acceptors (Lipinski definition) is 8. The molecule has 0 unspecified atom stereocenters. The van der Waals surface area contributed by atoms with E-state index in [-0.39, 0.29) is 36.1 Å². The summed E-state index contributed by atoms with van der Waals surface area (Å²) in [5.74, 6) is 0.880. The van der Waals surface area contributed by atoms with Crippen molar-refractivity contribution in [3.8, 4) is 11.4 Å². The molecule has 2 saturated heterocycles. The van der Waals surface area contributed by atoms with Gasteiger partial charge in [-0.15, -0.1) is 0 Å². The molecule has 2 fully saturated rings. The van der Waals surface area contributed by atoms with Crippen LogP contribution in [0.15, 0.2) is 54.7 Å². The number of benzene rings is 2. The van der Waals surface area contributed by atoms with E-state index in [1.165, 1.54) is 11.1 Å². The van der Waals surface area contributed by atoms with Crippen molar-refractivity contribution in [2.45, 2.75) is 57.3 Å². The maximum Gasteiger partial charge on any atom is 0.272 e. The molecule has 0 spiro atoms. The van der Waals surface area contributed by atoms with Gasteiger partial charge in [-0.3, -0.25) is 19.6 Å². The first kappa shape index (κ1) is 28.4. The van der Waals surface area contributed by atoms with Crippen LogP contribution in [-0.2, 0) is 17.8 Å². The van der Waals surface area contributed by atoms with Gasteiger partial charge in [-0.05, 0) is 42.9 Å². The summed E-state index contributed by atoms with van der Waals surface area (Å²) >= 11 is 0. The van der Waals surface area contributed by atoms with Gasteiger partial charge in [-0.1, -0.05) is 36.4 Å². The molecule has 11 nitrogen and oxygen atoms in total. The van der Waals surface area contributed by atoms with Crippen molar-refractivity contribution in [2.24, 2.45) is 0 Å². The van der Waals surface area contributed by atoms with Crippen molar-refractivity contribution in [3.05, 3.63) is 71.5 Å². The van der Waals surface area contributed by atoms with E-state index in [4.69, 9.17) is 9.97 Å². The number of β-amino-alcohol motifs (C(OH)–C–C–N with tert-alkyl or cyclic N) is 1. The molecule has 44 heavy (non-hydrogen) atoms. The van der Waals surface area contributed by atoms with E-state index >= 15 is 0 Å². The van der Waals surface area contributed by atoms with Crippen LogP contribution in [0.25, 0.3) is 22.3 Å². The Bertz CT molecular complexity index is 1680. The van der Waals surface area contributed by atoms with Gasteiger partial charge in [0.1, 0.15) is 11.5 Å². The normalized spacial score (nSPS) is 21.3. The van der Waals surface area contributed by atoms with Gasteiger partial charge in [0.15, 0.2) is 5.82 Å². The number of hydrogen-bond donors (Lipinski definition) is 3. The molecule has 2 aromatic heterocycles. The molecule has 2 amide bonds. The standard InChI is InChI=1S/C33H38N8O3/c1-21(42)39-14-10-24(11-15-39)35-31-17-28(36-32(37-31)25-7-4-8-27-26(25)18-34-38-27)33(44)41-16-12-29(30(43)20-41)40-13-9-22-5-2-3-6-23(22)19-40/h2-8,17-18,24,29-30,43H,9-16,19-20H2,1H3,(H,34,38)(H,35,36,37)/t29-,30-/m1/s1. The van der Waals surface area contributed by atoms with E-state index < -0.39 is 6.10 Å². The van der Waals surface area contributed by atoms with Crippen LogP contribution in [0.1, 0.15) is 47.8 Å². The van der Waals surface area contributed by atoms with Crippen molar-refractivity contribution >= 4 is 28.5 Å². The number of carbonyl (C=O) groups excluding carboxylic acids is 2. The van der Waals surface area contributed by atoms with E-state index in [1.807, 2.05) is 23.1 Å². The molecule has 4 aromatic rings. The third kappa shape index (κ3) is 5.65. The van der Waals surface area contributed by atoms with E-state index in [0.29, 0.717) is 37.7 Å². The third-order valence-electron chi connectivity index (χ3n) is 9.43. The molecule has 3 N–H and O–H groups in total. The summed E-state index contributed by atoms with van der Waals surface area (Å²) in [6, 6.07) is 16.1. The zero-order chi connectivity index (χ0) is 30.2. The Labute approximate surface area is 256 Å². The zero-order valence-electron chi connectivity index (χ0n) is 24.9. The Morgan fingerprint density at radius 1 is 0.955 bits per heavy atom. The van der Waals surface area contributed by atoms with Crippen LogP contribution >= 0.6 is 0 Å². The molecular formula is C33H38N8O3. The lowest BCUT2D eigenvalue weighted by Gasteiger charge is -2.43. The summed E-state index contributed by atoms with van der Waals surface area (Å²) in [4.78, 5) is 41.3. The number of anilines is 1. The first-order chi connectivity index (χ1) is 21.4. The highest BCUT2D eigenvalue weighted by atomic mass is 16.3. The Morgan fingerprint density at radius 3 is 2.55 bits per heavy atom. The molecular weight excluding hydrogens is 556 g/mol. The third-order valence-corrected chi connectivity index (χ3v) is 9.43. The van der Waals surface area contributed by atoms with Gasteiger partial charge < -0.3 is 20.2 Å². The van der Waals surface area contributed by atoms with Crippen molar-refractivity contribution in [2.75, 3.05) is 38.0 Å².